The van der Waals surface area contributed by atoms with E-state index in [1.165, 1.54) is 0 Å². The number of fused-ring (bicyclic) bond motifs is 3. The zero-order valence-corrected chi connectivity index (χ0v) is 16.1. The lowest BCUT2D eigenvalue weighted by Gasteiger charge is -2.17. The van der Waals surface area contributed by atoms with Crippen LogP contribution in [0.2, 0.25) is 0 Å². The third-order valence-corrected chi connectivity index (χ3v) is 5.55. The van der Waals surface area contributed by atoms with Gasteiger partial charge >= 0.3 is 0 Å². The van der Waals surface area contributed by atoms with Crippen LogP contribution in [0.15, 0.2) is 24.3 Å². The molecule has 0 radical (unpaired) electrons. The van der Waals surface area contributed by atoms with Gasteiger partial charge in [-0.3, -0.25) is 0 Å². The summed E-state index contributed by atoms with van der Waals surface area (Å²) in [6.07, 6.45) is 4.43. The minimum Gasteiger partial charge on any atom is -0.303 e. The van der Waals surface area contributed by atoms with Crippen molar-refractivity contribution < 1.29 is 19.2 Å². The van der Waals surface area contributed by atoms with Crippen LogP contribution in [0.5, 0.6) is 0 Å². The molecular weight excluding hydrogens is 352 g/mol. The molecule has 28 heavy (non-hydrogen) atoms. The van der Waals surface area contributed by atoms with Gasteiger partial charge in [0.1, 0.15) is 25.1 Å². The minimum atomic E-state index is 0.248. The van der Waals surface area contributed by atoms with Crippen molar-refractivity contribution in [2.75, 3.05) is 0 Å². The van der Waals surface area contributed by atoms with E-state index in [1.807, 2.05) is 38.1 Å². The monoisotopic (exact) mass is 374 g/mol. The van der Waals surface area contributed by atoms with Crippen LogP contribution in [0.4, 0.5) is 0 Å². The Morgan fingerprint density at radius 2 is 0.750 bits per heavy atom. The minimum absolute atomic E-state index is 0.248. The molecule has 0 fully saturated rings. The molecule has 0 amide bonds. The highest BCUT2D eigenvalue weighted by molar-refractivity contribution is 6.11. The van der Waals surface area contributed by atoms with Gasteiger partial charge in [0.15, 0.2) is 0 Å². The summed E-state index contributed by atoms with van der Waals surface area (Å²) in [6.45, 7) is 4.08. The Labute approximate surface area is 163 Å². The Kier molecular flexibility index (Phi) is 5.78. The molecule has 0 heterocycles. The average Bonchev–Trinajstić information content (AvgIpc) is 2.68. The fraction of sp³-hybridized carbons (Fsp3) is 0.250. The van der Waals surface area contributed by atoms with Gasteiger partial charge in [0.2, 0.25) is 0 Å². The molecule has 3 rings (SSSR count). The average molecular weight is 374 g/mol. The molecule has 142 valence electrons. The van der Waals surface area contributed by atoms with Crippen molar-refractivity contribution in [3.05, 3.63) is 57.6 Å². The molecule has 0 aliphatic carbocycles. The molecule has 0 aliphatic rings. The van der Waals surface area contributed by atoms with E-state index >= 15 is 0 Å². The van der Waals surface area contributed by atoms with Crippen LogP contribution in [-0.4, -0.2) is 25.1 Å². The summed E-state index contributed by atoms with van der Waals surface area (Å²) in [5.74, 6) is 0. The van der Waals surface area contributed by atoms with Gasteiger partial charge in [-0.1, -0.05) is 12.1 Å². The number of hydrogen-bond acceptors (Lipinski definition) is 4. The Morgan fingerprint density at radius 3 is 1.00 bits per heavy atom. The van der Waals surface area contributed by atoms with E-state index in [2.05, 4.69) is 0 Å². The lowest BCUT2D eigenvalue weighted by atomic mass is 9.86. The Morgan fingerprint density at radius 1 is 0.500 bits per heavy atom. The molecule has 3 aromatic rings. The van der Waals surface area contributed by atoms with E-state index in [0.717, 1.165) is 80.1 Å². The highest BCUT2D eigenvalue weighted by Crippen LogP contribution is 2.36. The van der Waals surface area contributed by atoms with Crippen LogP contribution in [0.25, 0.3) is 21.5 Å². The van der Waals surface area contributed by atoms with Gasteiger partial charge in [-0.2, -0.15) is 0 Å². The number of hydrogen-bond donors (Lipinski definition) is 0. The summed E-state index contributed by atoms with van der Waals surface area (Å²) >= 11 is 0. The number of aryl methyl sites for hydroxylation is 2. The van der Waals surface area contributed by atoms with Crippen molar-refractivity contribution in [2.45, 2.75) is 39.5 Å². The molecule has 0 aliphatic heterocycles. The molecule has 0 unspecified atom stereocenters. The van der Waals surface area contributed by atoms with Gasteiger partial charge < -0.3 is 19.2 Å². The summed E-state index contributed by atoms with van der Waals surface area (Å²) in [7, 11) is 0. The smallest absolute Gasteiger partial charge is 0.124 e. The van der Waals surface area contributed by atoms with Gasteiger partial charge in [0, 0.05) is 25.7 Å². The predicted molar refractivity (Wildman–Crippen MR) is 110 cm³/mol. The first-order chi connectivity index (χ1) is 13.5. The van der Waals surface area contributed by atoms with E-state index in [0.29, 0.717) is 0 Å². The normalized spacial score (nSPS) is 10.9. The van der Waals surface area contributed by atoms with Crippen LogP contribution < -0.4 is 0 Å². The summed E-state index contributed by atoms with van der Waals surface area (Å²) in [5.41, 5.74) is 5.62. The van der Waals surface area contributed by atoms with Gasteiger partial charge in [-0.25, -0.2) is 0 Å². The van der Waals surface area contributed by atoms with E-state index < -0.39 is 0 Å². The molecule has 4 heteroatoms. The standard InChI is InChI=1S/C24H22O4/c1-15-16(2)22-12-18(4-8-26)20(6-10-28)14-24(22)23-13-19(5-9-27)17(3-7-25)11-21(15)23/h7-14H,3-6H2,1-2H3. The first kappa shape index (κ1) is 19.6. The predicted octanol–water partition coefficient (Wildman–Crippen LogP) is 3.58. The fourth-order valence-corrected chi connectivity index (χ4v) is 3.97. The van der Waals surface area contributed by atoms with Crippen molar-refractivity contribution in [3.63, 3.8) is 0 Å². The molecule has 0 spiro atoms. The third-order valence-electron chi connectivity index (χ3n) is 5.55. The summed E-state index contributed by atoms with van der Waals surface area (Å²) in [5, 5.41) is 4.07. The lowest BCUT2D eigenvalue weighted by molar-refractivity contribution is -0.108. The number of benzene rings is 3. The highest BCUT2D eigenvalue weighted by atomic mass is 16.1. The Bertz CT molecular complexity index is 1020. The molecule has 0 saturated heterocycles. The highest BCUT2D eigenvalue weighted by Gasteiger charge is 2.15. The SMILES string of the molecule is Cc1c(C)c2cc(CC=O)c(CC=O)cc2c2cc(CC=O)c(CC=O)cc12. The third kappa shape index (κ3) is 3.38. The summed E-state index contributed by atoms with van der Waals surface area (Å²) < 4.78 is 0. The zero-order valence-electron chi connectivity index (χ0n) is 16.1. The van der Waals surface area contributed by atoms with Crippen LogP contribution in [-0.2, 0) is 44.9 Å². The molecular formula is C24H22O4. The van der Waals surface area contributed by atoms with Crippen LogP contribution >= 0.6 is 0 Å². The van der Waals surface area contributed by atoms with E-state index in [1.54, 1.807) is 0 Å². The zero-order chi connectivity index (χ0) is 20.3. The summed E-state index contributed by atoms with van der Waals surface area (Å²) in [6, 6.07) is 7.98. The second-order valence-electron chi connectivity index (χ2n) is 7.07. The van der Waals surface area contributed by atoms with Crippen LogP contribution in [0.3, 0.4) is 0 Å². The van der Waals surface area contributed by atoms with Gasteiger partial charge in [0.05, 0.1) is 0 Å². The van der Waals surface area contributed by atoms with Crippen molar-refractivity contribution in [1.29, 1.82) is 0 Å². The summed E-state index contributed by atoms with van der Waals surface area (Å²) in [4.78, 5) is 44.5. The molecule has 0 N–H and O–H groups in total. The van der Waals surface area contributed by atoms with E-state index in [9.17, 15) is 19.2 Å². The van der Waals surface area contributed by atoms with Crippen LogP contribution in [0.1, 0.15) is 33.4 Å². The Balaban J connectivity index is 2.46. The molecule has 0 atom stereocenters. The van der Waals surface area contributed by atoms with Crippen molar-refractivity contribution >= 4 is 46.7 Å². The second-order valence-corrected chi connectivity index (χ2v) is 7.07. The lowest BCUT2D eigenvalue weighted by Crippen LogP contribution is -2.01. The molecule has 3 aromatic carbocycles. The largest absolute Gasteiger partial charge is 0.303 e. The van der Waals surface area contributed by atoms with Crippen LogP contribution in [0, 0.1) is 13.8 Å². The number of aldehydes is 4. The van der Waals surface area contributed by atoms with Gasteiger partial charge in [-0.05, 0) is 80.9 Å². The second kappa shape index (κ2) is 8.26. The first-order valence-electron chi connectivity index (χ1n) is 9.30. The van der Waals surface area contributed by atoms with E-state index in [-0.39, 0.29) is 25.7 Å². The van der Waals surface area contributed by atoms with Gasteiger partial charge in [-0.15, -0.1) is 0 Å². The first-order valence-corrected chi connectivity index (χ1v) is 9.30. The maximum atomic E-state index is 11.1. The number of rotatable bonds is 8. The molecule has 0 aromatic heterocycles. The van der Waals surface area contributed by atoms with E-state index in [4.69, 9.17) is 0 Å². The maximum Gasteiger partial charge on any atom is 0.124 e. The maximum absolute atomic E-state index is 11.1. The quantitative estimate of drug-likeness (QED) is 0.446. The fourth-order valence-electron chi connectivity index (χ4n) is 3.97. The van der Waals surface area contributed by atoms with Crippen molar-refractivity contribution in [2.24, 2.45) is 0 Å². The van der Waals surface area contributed by atoms with Crippen molar-refractivity contribution in [3.8, 4) is 0 Å². The van der Waals surface area contributed by atoms with Crippen molar-refractivity contribution in [1.82, 2.24) is 0 Å². The number of carbonyl (C=O) groups excluding carboxylic acids is 4. The number of carbonyl (C=O) groups is 4. The molecule has 0 bridgehead atoms. The molecule has 4 nitrogen and oxygen atoms in total. The topological polar surface area (TPSA) is 68.3 Å². The van der Waals surface area contributed by atoms with Gasteiger partial charge in [0.25, 0.3) is 0 Å². The molecule has 0 saturated carbocycles. The Hall–Kier alpha value is -3.14.